The summed E-state index contributed by atoms with van der Waals surface area (Å²) in [6.45, 7) is 3.90. The molecule has 2 aromatic carbocycles. The summed E-state index contributed by atoms with van der Waals surface area (Å²) in [7, 11) is 0. The molecule has 0 aliphatic carbocycles. The van der Waals surface area contributed by atoms with Crippen molar-refractivity contribution in [1.29, 1.82) is 0 Å². The summed E-state index contributed by atoms with van der Waals surface area (Å²) in [5.74, 6) is 0.194. The molecular formula is C15H13FN2O. The summed E-state index contributed by atoms with van der Waals surface area (Å²) in [5, 5.41) is 0. The van der Waals surface area contributed by atoms with Crippen LogP contribution in [0.3, 0.4) is 0 Å². The second kappa shape index (κ2) is 4.09. The Hall–Kier alpha value is -2.36. The van der Waals surface area contributed by atoms with Gasteiger partial charge in [-0.2, -0.15) is 0 Å². The maximum Gasteiger partial charge on any atom is 0.227 e. The number of fused-ring (bicyclic) bond motifs is 1. The van der Waals surface area contributed by atoms with Gasteiger partial charge in [0.15, 0.2) is 5.58 Å². The number of aromatic nitrogens is 1. The highest BCUT2D eigenvalue weighted by atomic mass is 19.1. The average molecular weight is 256 g/mol. The van der Waals surface area contributed by atoms with Crippen LogP contribution in [0.4, 0.5) is 10.1 Å². The first kappa shape index (κ1) is 11.7. The molecular weight excluding hydrogens is 243 g/mol. The quantitative estimate of drug-likeness (QED) is 0.673. The summed E-state index contributed by atoms with van der Waals surface area (Å²) >= 11 is 0. The van der Waals surface area contributed by atoms with Crippen molar-refractivity contribution in [3.05, 3.63) is 47.3 Å². The van der Waals surface area contributed by atoms with Crippen molar-refractivity contribution >= 4 is 16.8 Å². The minimum Gasteiger partial charge on any atom is -0.436 e. The average Bonchev–Trinajstić information content (AvgIpc) is 2.81. The summed E-state index contributed by atoms with van der Waals surface area (Å²) in [4.78, 5) is 4.41. The second-order valence-electron chi connectivity index (χ2n) is 4.59. The van der Waals surface area contributed by atoms with E-state index in [9.17, 15) is 4.39 Å². The SMILES string of the molecule is Cc1c(N)cc2nc(-c3ccc(F)cc3)oc2c1C. The van der Waals surface area contributed by atoms with Crippen LogP contribution in [0.25, 0.3) is 22.6 Å². The molecule has 3 aromatic rings. The van der Waals surface area contributed by atoms with Gasteiger partial charge in [-0.3, -0.25) is 0 Å². The molecule has 0 unspecified atom stereocenters. The Bertz CT molecular complexity index is 760. The van der Waals surface area contributed by atoms with E-state index in [0.29, 0.717) is 11.6 Å². The maximum absolute atomic E-state index is 12.9. The minimum absolute atomic E-state index is 0.281. The van der Waals surface area contributed by atoms with Crippen molar-refractivity contribution in [1.82, 2.24) is 4.98 Å². The van der Waals surface area contributed by atoms with Crippen LogP contribution in [-0.2, 0) is 0 Å². The third-order valence-corrected chi connectivity index (χ3v) is 3.37. The van der Waals surface area contributed by atoms with Crippen LogP contribution in [0.5, 0.6) is 0 Å². The zero-order valence-corrected chi connectivity index (χ0v) is 10.7. The van der Waals surface area contributed by atoms with Gasteiger partial charge in [0, 0.05) is 11.3 Å². The number of halogens is 1. The Kier molecular flexibility index (Phi) is 2.52. The highest BCUT2D eigenvalue weighted by molar-refractivity contribution is 5.84. The summed E-state index contributed by atoms with van der Waals surface area (Å²) in [6.07, 6.45) is 0. The summed E-state index contributed by atoms with van der Waals surface area (Å²) in [6, 6.07) is 7.86. The van der Waals surface area contributed by atoms with Crippen LogP contribution in [0.2, 0.25) is 0 Å². The van der Waals surface area contributed by atoms with Crippen molar-refractivity contribution in [3.63, 3.8) is 0 Å². The van der Waals surface area contributed by atoms with Crippen LogP contribution in [0.1, 0.15) is 11.1 Å². The number of nitrogens with two attached hydrogens (primary N) is 1. The first-order chi connectivity index (χ1) is 9.06. The Morgan fingerprint density at radius 3 is 2.47 bits per heavy atom. The van der Waals surface area contributed by atoms with Gasteiger partial charge >= 0.3 is 0 Å². The van der Waals surface area contributed by atoms with Crippen LogP contribution >= 0.6 is 0 Å². The molecule has 0 amide bonds. The molecule has 2 N–H and O–H groups in total. The largest absolute Gasteiger partial charge is 0.436 e. The highest BCUT2D eigenvalue weighted by Crippen LogP contribution is 2.30. The van der Waals surface area contributed by atoms with Gasteiger partial charge in [0.25, 0.3) is 0 Å². The molecule has 0 saturated carbocycles. The Morgan fingerprint density at radius 1 is 1.11 bits per heavy atom. The van der Waals surface area contributed by atoms with Crippen molar-refractivity contribution in [2.45, 2.75) is 13.8 Å². The minimum atomic E-state index is -0.281. The molecule has 3 nitrogen and oxygen atoms in total. The van der Waals surface area contributed by atoms with E-state index in [1.807, 2.05) is 13.8 Å². The fraction of sp³-hybridized carbons (Fsp3) is 0.133. The van der Waals surface area contributed by atoms with E-state index in [4.69, 9.17) is 10.2 Å². The summed E-state index contributed by atoms with van der Waals surface area (Å²) < 4.78 is 18.7. The van der Waals surface area contributed by atoms with E-state index in [1.165, 1.54) is 12.1 Å². The number of hydrogen-bond donors (Lipinski definition) is 1. The van der Waals surface area contributed by atoms with Crippen molar-refractivity contribution in [2.75, 3.05) is 5.73 Å². The monoisotopic (exact) mass is 256 g/mol. The van der Waals surface area contributed by atoms with Crippen LogP contribution < -0.4 is 5.73 Å². The lowest BCUT2D eigenvalue weighted by atomic mass is 10.1. The molecule has 0 aliphatic rings. The van der Waals surface area contributed by atoms with Crippen molar-refractivity contribution < 1.29 is 8.81 Å². The van der Waals surface area contributed by atoms with Gasteiger partial charge in [0.2, 0.25) is 5.89 Å². The fourth-order valence-electron chi connectivity index (χ4n) is 2.06. The lowest BCUT2D eigenvalue weighted by Gasteiger charge is -2.02. The molecule has 96 valence electrons. The zero-order chi connectivity index (χ0) is 13.6. The standard InChI is InChI=1S/C15H13FN2O/c1-8-9(2)14-13(7-12(8)17)18-15(19-14)10-3-5-11(16)6-4-10/h3-7H,17H2,1-2H3. The van der Waals surface area contributed by atoms with Crippen molar-refractivity contribution in [3.8, 4) is 11.5 Å². The topological polar surface area (TPSA) is 52.0 Å². The lowest BCUT2D eigenvalue weighted by Crippen LogP contribution is -1.92. The number of anilines is 1. The first-order valence-corrected chi connectivity index (χ1v) is 5.98. The van der Waals surface area contributed by atoms with Gasteiger partial charge in [-0.05, 0) is 55.3 Å². The highest BCUT2D eigenvalue weighted by Gasteiger charge is 2.13. The third kappa shape index (κ3) is 1.85. The molecule has 19 heavy (non-hydrogen) atoms. The molecule has 0 bridgehead atoms. The third-order valence-electron chi connectivity index (χ3n) is 3.37. The van der Waals surface area contributed by atoms with Gasteiger partial charge in [-0.15, -0.1) is 0 Å². The van der Waals surface area contributed by atoms with E-state index < -0.39 is 0 Å². The molecule has 0 fully saturated rings. The van der Waals surface area contributed by atoms with E-state index in [0.717, 1.165) is 27.8 Å². The Morgan fingerprint density at radius 2 is 1.79 bits per heavy atom. The van der Waals surface area contributed by atoms with E-state index in [-0.39, 0.29) is 5.82 Å². The molecule has 1 aromatic heterocycles. The maximum atomic E-state index is 12.9. The predicted molar refractivity (Wildman–Crippen MR) is 73.3 cm³/mol. The second-order valence-corrected chi connectivity index (χ2v) is 4.59. The number of nitrogen functional groups attached to an aromatic ring is 1. The summed E-state index contributed by atoms with van der Waals surface area (Å²) in [5.41, 5.74) is 10.8. The normalized spacial score (nSPS) is 11.1. The molecule has 0 saturated heterocycles. The number of aryl methyl sites for hydroxylation is 1. The van der Waals surface area contributed by atoms with E-state index in [1.54, 1.807) is 18.2 Å². The Labute approximate surface area is 109 Å². The van der Waals surface area contributed by atoms with Gasteiger partial charge in [-0.1, -0.05) is 0 Å². The predicted octanol–water partition coefficient (Wildman–Crippen LogP) is 3.83. The molecule has 4 heteroatoms. The molecule has 0 aliphatic heterocycles. The lowest BCUT2D eigenvalue weighted by molar-refractivity contribution is 0.614. The number of rotatable bonds is 1. The Balaban J connectivity index is 2.22. The molecule has 3 rings (SSSR count). The van der Waals surface area contributed by atoms with E-state index in [2.05, 4.69) is 4.98 Å². The van der Waals surface area contributed by atoms with E-state index >= 15 is 0 Å². The molecule has 1 heterocycles. The van der Waals surface area contributed by atoms with Crippen LogP contribution in [-0.4, -0.2) is 4.98 Å². The molecule has 0 atom stereocenters. The van der Waals surface area contributed by atoms with Gasteiger partial charge < -0.3 is 10.2 Å². The van der Waals surface area contributed by atoms with Gasteiger partial charge in [-0.25, -0.2) is 9.37 Å². The molecule has 0 radical (unpaired) electrons. The number of hydrogen-bond acceptors (Lipinski definition) is 3. The fourth-order valence-corrected chi connectivity index (χ4v) is 2.06. The van der Waals surface area contributed by atoms with Crippen molar-refractivity contribution in [2.24, 2.45) is 0 Å². The molecule has 0 spiro atoms. The number of nitrogens with zero attached hydrogens (tertiary/aromatic N) is 1. The van der Waals surface area contributed by atoms with Crippen LogP contribution in [0.15, 0.2) is 34.7 Å². The zero-order valence-electron chi connectivity index (χ0n) is 10.7. The van der Waals surface area contributed by atoms with Gasteiger partial charge in [0.05, 0.1) is 0 Å². The first-order valence-electron chi connectivity index (χ1n) is 5.98. The number of benzene rings is 2. The van der Waals surface area contributed by atoms with Gasteiger partial charge in [0.1, 0.15) is 11.3 Å². The smallest absolute Gasteiger partial charge is 0.227 e. The van der Waals surface area contributed by atoms with Crippen LogP contribution in [0, 0.1) is 19.7 Å². The number of oxazole rings is 1.